The third-order valence-corrected chi connectivity index (χ3v) is 5.27. The minimum absolute atomic E-state index is 0.126. The van der Waals surface area contributed by atoms with E-state index in [-0.39, 0.29) is 11.5 Å². The van der Waals surface area contributed by atoms with E-state index >= 15 is 0 Å². The highest BCUT2D eigenvalue weighted by Gasteiger charge is 2.37. The van der Waals surface area contributed by atoms with Crippen molar-refractivity contribution in [2.45, 2.75) is 31.4 Å². The van der Waals surface area contributed by atoms with Crippen LogP contribution >= 0.6 is 0 Å². The molecule has 1 unspecified atom stereocenters. The maximum atomic E-state index is 11.6. The van der Waals surface area contributed by atoms with Gasteiger partial charge >= 0.3 is 0 Å². The Kier molecular flexibility index (Phi) is 3.75. The summed E-state index contributed by atoms with van der Waals surface area (Å²) >= 11 is 0. The van der Waals surface area contributed by atoms with Crippen molar-refractivity contribution in [1.29, 1.82) is 0 Å². The van der Waals surface area contributed by atoms with Gasteiger partial charge in [-0.1, -0.05) is 24.3 Å². The van der Waals surface area contributed by atoms with Gasteiger partial charge in [0, 0.05) is 13.0 Å². The number of hydrogen-bond acceptors (Lipinski definition) is 4. The zero-order chi connectivity index (χ0) is 13.2. The predicted octanol–water partition coefficient (Wildman–Crippen LogP) is 0.627. The van der Waals surface area contributed by atoms with Crippen LogP contribution in [0.5, 0.6) is 0 Å². The molecular formula is C13H19NO3S. The molecule has 5 heteroatoms. The van der Waals surface area contributed by atoms with E-state index in [1.807, 2.05) is 24.3 Å². The number of sulfone groups is 1. The molecule has 4 nitrogen and oxygen atoms in total. The Bertz CT molecular complexity index is 510. The number of rotatable bonds is 3. The van der Waals surface area contributed by atoms with Gasteiger partial charge in [0.25, 0.3) is 0 Å². The zero-order valence-corrected chi connectivity index (χ0v) is 11.1. The molecule has 0 aromatic heterocycles. The zero-order valence-electron chi connectivity index (χ0n) is 10.3. The largest absolute Gasteiger partial charge is 0.388 e. The van der Waals surface area contributed by atoms with E-state index in [0.717, 1.165) is 11.1 Å². The van der Waals surface area contributed by atoms with Gasteiger partial charge in [0.15, 0.2) is 9.84 Å². The molecule has 0 bridgehead atoms. The van der Waals surface area contributed by atoms with E-state index in [1.165, 1.54) is 0 Å². The van der Waals surface area contributed by atoms with Gasteiger partial charge in [-0.25, -0.2) is 8.42 Å². The third-order valence-electron chi connectivity index (χ3n) is 3.38. The molecule has 1 aliphatic rings. The van der Waals surface area contributed by atoms with Gasteiger partial charge in [-0.05, 0) is 24.0 Å². The van der Waals surface area contributed by atoms with Crippen molar-refractivity contribution in [3.8, 4) is 0 Å². The van der Waals surface area contributed by atoms with Crippen LogP contribution in [0.15, 0.2) is 24.3 Å². The Morgan fingerprint density at radius 3 is 2.39 bits per heavy atom. The number of hydrogen-bond donors (Lipinski definition) is 2. The van der Waals surface area contributed by atoms with Crippen molar-refractivity contribution >= 4 is 9.84 Å². The van der Waals surface area contributed by atoms with Crippen molar-refractivity contribution < 1.29 is 13.5 Å². The molecule has 0 spiro atoms. The van der Waals surface area contributed by atoms with Crippen molar-refractivity contribution in [1.82, 2.24) is 0 Å². The van der Waals surface area contributed by atoms with Gasteiger partial charge in [0.2, 0.25) is 0 Å². The number of benzene rings is 1. The number of aliphatic hydroxyl groups is 1. The Morgan fingerprint density at radius 1 is 1.22 bits per heavy atom. The maximum Gasteiger partial charge on any atom is 0.153 e. The first-order chi connectivity index (χ1) is 8.42. The van der Waals surface area contributed by atoms with Crippen molar-refractivity contribution in [3.63, 3.8) is 0 Å². The van der Waals surface area contributed by atoms with Crippen LogP contribution in [-0.4, -0.2) is 30.6 Å². The van der Waals surface area contributed by atoms with Crippen LogP contribution in [0.2, 0.25) is 0 Å². The van der Waals surface area contributed by atoms with Gasteiger partial charge in [-0.3, -0.25) is 0 Å². The fourth-order valence-electron chi connectivity index (χ4n) is 2.49. The van der Waals surface area contributed by atoms with Crippen molar-refractivity contribution in [3.05, 3.63) is 35.4 Å². The quantitative estimate of drug-likeness (QED) is 0.843. The molecule has 2 rings (SSSR count). The minimum Gasteiger partial charge on any atom is -0.388 e. The van der Waals surface area contributed by atoms with Crippen LogP contribution in [0, 0.1) is 0 Å². The van der Waals surface area contributed by atoms with Crippen molar-refractivity contribution in [2.24, 2.45) is 5.73 Å². The van der Waals surface area contributed by atoms with Crippen LogP contribution < -0.4 is 5.73 Å². The van der Waals surface area contributed by atoms with Gasteiger partial charge in [0.05, 0.1) is 17.1 Å². The summed E-state index contributed by atoms with van der Waals surface area (Å²) in [7, 11) is -3.09. The van der Waals surface area contributed by atoms with Crippen LogP contribution in [0.1, 0.15) is 24.0 Å². The summed E-state index contributed by atoms with van der Waals surface area (Å²) in [5, 5.41) is 10.4. The second-order valence-electron chi connectivity index (χ2n) is 5.12. The lowest BCUT2D eigenvalue weighted by Crippen LogP contribution is -2.44. The molecule has 1 saturated heterocycles. The average molecular weight is 269 g/mol. The highest BCUT2D eigenvalue weighted by Crippen LogP contribution is 2.26. The SMILES string of the molecule is NCc1ccc(CC2(O)CCCS(=O)(=O)C2)cc1. The maximum absolute atomic E-state index is 11.6. The Hall–Kier alpha value is -0.910. The molecule has 1 aliphatic heterocycles. The van der Waals surface area contributed by atoms with Crippen LogP contribution in [0.4, 0.5) is 0 Å². The Labute approximate surface area is 108 Å². The van der Waals surface area contributed by atoms with E-state index in [1.54, 1.807) is 0 Å². The molecule has 3 N–H and O–H groups in total. The first-order valence-electron chi connectivity index (χ1n) is 6.13. The molecule has 100 valence electrons. The fourth-order valence-corrected chi connectivity index (χ4v) is 4.28. The monoisotopic (exact) mass is 269 g/mol. The Morgan fingerprint density at radius 2 is 1.83 bits per heavy atom. The molecule has 0 aliphatic carbocycles. The summed E-state index contributed by atoms with van der Waals surface area (Å²) in [6.07, 6.45) is 1.47. The lowest BCUT2D eigenvalue weighted by molar-refractivity contribution is 0.0503. The molecule has 1 heterocycles. The second-order valence-corrected chi connectivity index (χ2v) is 7.30. The van der Waals surface area contributed by atoms with Gasteiger partial charge in [-0.2, -0.15) is 0 Å². The standard InChI is InChI=1S/C13H19NO3S/c14-9-12-4-2-11(3-5-12)8-13(15)6-1-7-18(16,17)10-13/h2-5,15H,1,6-10,14H2. The van der Waals surface area contributed by atoms with E-state index < -0.39 is 15.4 Å². The van der Waals surface area contributed by atoms with Crippen LogP contribution in [0.3, 0.4) is 0 Å². The second kappa shape index (κ2) is 4.99. The summed E-state index contributed by atoms with van der Waals surface area (Å²) in [6.45, 7) is 0.485. The molecule has 1 aromatic carbocycles. The smallest absolute Gasteiger partial charge is 0.153 e. The van der Waals surface area contributed by atoms with E-state index in [2.05, 4.69) is 0 Å². The molecule has 1 fully saturated rings. The predicted molar refractivity (Wildman–Crippen MR) is 70.9 cm³/mol. The van der Waals surface area contributed by atoms with Gasteiger partial charge < -0.3 is 10.8 Å². The first kappa shape index (κ1) is 13.5. The lowest BCUT2D eigenvalue weighted by Gasteiger charge is -2.31. The summed E-state index contributed by atoms with van der Waals surface area (Å²) in [4.78, 5) is 0. The first-order valence-corrected chi connectivity index (χ1v) is 7.95. The highest BCUT2D eigenvalue weighted by atomic mass is 32.2. The van der Waals surface area contributed by atoms with Crippen LogP contribution in [-0.2, 0) is 22.8 Å². The molecule has 0 saturated carbocycles. The summed E-state index contributed by atoms with van der Waals surface area (Å²) < 4.78 is 23.2. The Balaban J connectivity index is 2.11. The summed E-state index contributed by atoms with van der Waals surface area (Å²) in [5.74, 6) is 0.0695. The van der Waals surface area contributed by atoms with E-state index in [4.69, 9.17) is 5.73 Å². The lowest BCUT2D eigenvalue weighted by atomic mass is 9.91. The molecule has 1 atom stereocenters. The minimum atomic E-state index is -3.09. The topological polar surface area (TPSA) is 80.4 Å². The van der Waals surface area contributed by atoms with Gasteiger partial charge in [0.1, 0.15) is 0 Å². The summed E-state index contributed by atoms with van der Waals surface area (Å²) in [5.41, 5.74) is 6.39. The van der Waals surface area contributed by atoms with E-state index in [0.29, 0.717) is 25.8 Å². The molecule has 1 aromatic rings. The summed E-state index contributed by atoms with van der Waals surface area (Å²) in [6, 6.07) is 7.63. The van der Waals surface area contributed by atoms with Crippen LogP contribution in [0.25, 0.3) is 0 Å². The molecule has 18 heavy (non-hydrogen) atoms. The highest BCUT2D eigenvalue weighted by molar-refractivity contribution is 7.91. The van der Waals surface area contributed by atoms with Gasteiger partial charge in [-0.15, -0.1) is 0 Å². The number of nitrogens with two attached hydrogens (primary N) is 1. The van der Waals surface area contributed by atoms with Crippen molar-refractivity contribution in [2.75, 3.05) is 11.5 Å². The molecule has 0 radical (unpaired) electrons. The van der Waals surface area contributed by atoms with E-state index in [9.17, 15) is 13.5 Å². The third kappa shape index (κ3) is 3.31. The fraction of sp³-hybridized carbons (Fsp3) is 0.538. The molecule has 0 amide bonds. The average Bonchev–Trinajstić information content (AvgIpc) is 2.27. The normalized spacial score (nSPS) is 27.0. The molecular weight excluding hydrogens is 250 g/mol.